The molecule has 0 bridgehead atoms. The number of rotatable bonds is 5. The smallest absolute Gasteiger partial charge is 0.188 e. The zero-order valence-corrected chi connectivity index (χ0v) is 10.2. The summed E-state index contributed by atoms with van der Waals surface area (Å²) in [6, 6.07) is 0.573. The molecule has 0 aromatic rings. The second-order valence-corrected chi connectivity index (χ2v) is 5.03. The summed E-state index contributed by atoms with van der Waals surface area (Å²) in [5.41, 5.74) is 5.92. The maximum absolute atomic E-state index is 5.81. The van der Waals surface area contributed by atoms with Crippen LogP contribution in [-0.2, 0) is 4.74 Å². The first kappa shape index (κ1) is 11.7. The van der Waals surface area contributed by atoms with Crippen LogP contribution in [0.15, 0.2) is 4.99 Å². The first-order chi connectivity index (χ1) is 7.74. The lowest BCUT2D eigenvalue weighted by molar-refractivity contribution is -0.0754. The molecule has 0 radical (unpaired) electrons. The van der Waals surface area contributed by atoms with Crippen LogP contribution in [0.3, 0.4) is 0 Å². The monoisotopic (exact) mass is 225 g/mol. The van der Waals surface area contributed by atoms with Crippen LogP contribution in [-0.4, -0.2) is 31.3 Å². The predicted molar refractivity (Wildman–Crippen MR) is 65.5 cm³/mol. The second kappa shape index (κ2) is 5.04. The molecular weight excluding hydrogens is 202 g/mol. The van der Waals surface area contributed by atoms with Gasteiger partial charge in [-0.2, -0.15) is 0 Å². The van der Waals surface area contributed by atoms with E-state index in [9.17, 15) is 0 Å². The fraction of sp³-hybridized carbons (Fsp3) is 0.917. The Morgan fingerprint density at radius 3 is 2.62 bits per heavy atom. The molecule has 0 aliphatic heterocycles. The number of hydrogen-bond acceptors (Lipinski definition) is 2. The van der Waals surface area contributed by atoms with Crippen molar-refractivity contribution in [1.82, 2.24) is 5.32 Å². The fourth-order valence-electron chi connectivity index (χ4n) is 2.31. The van der Waals surface area contributed by atoms with Crippen LogP contribution >= 0.6 is 0 Å². The molecule has 0 atom stereocenters. The molecule has 0 heterocycles. The number of methoxy groups -OCH3 is 1. The SMILES string of the molecule is COC1(CCN=C(N)NC2CCC2)CCC1. The maximum Gasteiger partial charge on any atom is 0.188 e. The molecule has 4 heteroatoms. The van der Waals surface area contributed by atoms with Gasteiger partial charge in [0.25, 0.3) is 0 Å². The summed E-state index contributed by atoms with van der Waals surface area (Å²) in [5.74, 6) is 0.607. The average Bonchev–Trinajstić information content (AvgIpc) is 2.16. The second-order valence-electron chi connectivity index (χ2n) is 5.03. The zero-order chi connectivity index (χ0) is 11.4. The van der Waals surface area contributed by atoms with Crippen LogP contribution in [0.25, 0.3) is 0 Å². The van der Waals surface area contributed by atoms with E-state index in [1.54, 1.807) is 7.11 Å². The fourth-order valence-corrected chi connectivity index (χ4v) is 2.31. The molecule has 2 aliphatic carbocycles. The third-order valence-electron chi connectivity index (χ3n) is 4.00. The highest BCUT2D eigenvalue weighted by Gasteiger charge is 2.36. The highest BCUT2D eigenvalue weighted by atomic mass is 16.5. The summed E-state index contributed by atoms with van der Waals surface area (Å²) in [4.78, 5) is 4.36. The van der Waals surface area contributed by atoms with Crippen molar-refractivity contribution >= 4 is 5.96 Å². The van der Waals surface area contributed by atoms with Crippen molar-refractivity contribution < 1.29 is 4.74 Å². The van der Waals surface area contributed by atoms with Gasteiger partial charge in [0.15, 0.2) is 5.96 Å². The molecule has 3 N–H and O–H groups in total. The molecule has 92 valence electrons. The van der Waals surface area contributed by atoms with E-state index in [2.05, 4.69) is 10.3 Å². The summed E-state index contributed by atoms with van der Waals surface area (Å²) in [6.07, 6.45) is 8.42. The van der Waals surface area contributed by atoms with E-state index >= 15 is 0 Å². The Bertz CT molecular complexity index is 251. The molecule has 16 heavy (non-hydrogen) atoms. The normalized spacial score (nSPS) is 24.7. The van der Waals surface area contributed by atoms with Crippen molar-refractivity contribution in [2.45, 2.75) is 56.6 Å². The van der Waals surface area contributed by atoms with Crippen molar-refractivity contribution in [3.63, 3.8) is 0 Å². The van der Waals surface area contributed by atoms with Gasteiger partial charge in [-0.25, -0.2) is 0 Å². The zero-order valence-electron chi connectivity index (χ0n) is 10.2. The lowest BCUT2D eigenvalue weighted by Crippen LogP contribution is -2.44. The van der Waals surface area contributed by atoms with E-state index in [1.807, 2.05) is 0 Å². The molecule has 2 rings (SSSR count). The highest BCUT2D eigenvalue weighted by Crippen LogP contribution is 2.37. The van der Waals surface area contributed by atoms with Gasteiger partial charge < -0.3 is 15.8 Å². The Kier molecular flexibility index (Phi) is 3.69. The Labute approximate surface area is 97.6 Å². The predicted octanol–water partition coefficient (Wildman–Crippen LogP) is 1.40. The molecular formula is C12H23N3O. The van der Waals surface area contributed by atoms with E-state index < -0.39 is 0 Å². The van der Waals surface area contributed by atoms with E-state index in [0.717, 1.165) is 13.0 Å². The highest BCUT2D eigenvalue weighted by molar-refractivity contribution is 5.78. The minimum absolute atomic E-state index is 0.111. The molecule has 0 saturated heterocycles. The van der Waals surface area contributed by atoms with Gasteiger partial charge in [-0.1, -0.05) is 0 Å². The number of guanidine groups is 1. The number of nitrogens with zero attached hydrogens (tertiary/aromatic N) is 1. The maximum atomic E-state index is 5.81. The van der Waals surface area contributed by atoms with Crippen molar-refractivity contribution in [1.29, 1.82) is 0 Å². The largest absolute Gasteiger partial charge is 0.378 e. The standard InChI is InChI=1S/C12H23N3O/c1-16-12(6-3-7-12)8-9-14-11(13)15-10-4-2-5-10/h10H,2-9H2,1H3,(H3,13,14,15). The first-order valence-electron chi connectivity index (χ1n) is 6.36. The molecule has 0 aromatic carbocycles. The van der Waals surface area contributed by atoms with Gasteiger partial charge in [-0.15, -0.1) is 0 Å². The van der Waals surface area contributed by atoms with Crippen LogP contribution in [0.4, 0.5) is 0 Å². The van der Waals surface area contributed by atoms with Gasteiger partial charge in [0.2, 0.25) is 0 Å². The summed E-state index contributed by atoms with van der Waals surface area (Å²) in [6.45, 7) is 0.777. The van der Waals surface area contributed by atoms with Gasteiger partial charge in [-0.3, -0.25) is 4.99 Å². The van der Waals surface area contributed by atoms with Crippen molar-refractivity contribution in [2.24, 2.45) is 10.7 Å². The van der Waals surface area contributed by atoms with E-state index in [-0.39, 0.29) is 5.60 Å². The molecule has 4 nitrogen and oxygen atoms in total. The quantitative estimate of drug-likeness (QED) is 0.549. The molecule has 2 saturated carbocycles. The van der Waals surface area contributed by atoms with Gasteiger partial charge in [0.1, 0.15) is 0 Å². The minimum atomic E-state index is 0.111. The molecule has 2 fully saturated rings. The number of ether oxygens (including phenoxy) is 1. The first-order valence-corrected chi connectivity index (χ1v) is 6.36. The lowest BCUT2D eigenvalue weighted by Gasteiger charge is -2.40. The lowest BCUT2D eigenvalue weighted by atomic mass is 9.77. The number of aliphatic imine (C=N–C) groups is 1. The summed E-state index contributed by atoms with van der Waals surface area (Å²) in [5, 5.41) is 3.24. The van der Waals surface area contributed by atoms with Gasteiger partial charge in [0, 0.05) is 19.7 Å². The molecule has 0 unspecified atom stereocenters. The Morgan fingerprint density at radius 1 is 1.44 bits per heavy atom. The summed E-state index contributed by atoms with van der Waals surface area (Å²) >= 11 is 0. The Hall–Kier alpha value is -0.770. The number of hydrogen-bond donors (Lipinski definition) is 2. The molecule has 2 aliphatic rings. The Balaban J connectivity index is 1.66. The van der Waals surface area contributed by atoms with Gasteiger partial charge in [-0.05, 0) is 44.9 Å². The van der Waals surface area contributed by atoms with E-state index in [1.165, 1.54) is 38.5 Å². The topological polar surface area (TPSA) is 59.6 Å². The van der Waals surface area contributed by atoms with E-state index in [0.29, 0.717) is 12.0 Å². The Morgan fingerprint density at radius 2 is 2.19 bits per heavy atom. The van der Waals surface area contributed by atoms with Crippen molar-refractivity contribution in [2.75, 3.05) is 13.7 Å². The van der Waals surface area contributed by atoms with Crippen LogP contribution in [0.2, 0.25) is 0 Å². The van der Waals surface area contributed by atoms with Crippen LogP contribution < -0.4 is 11.1 Å². The minimum Gasteiger partial charge on any atom is -0.378 e. The third-order valence-corrected chi connectivity index (χ3v) is 4.00. The van der Waals surface area contributed by atoms with E-state index in [4.69, 9.17) is 10.5 Å². The van der Waals surface area contributed by atoms with Crippen molar-refractivity contribution in [3.05, 3.63) is 0 Å². The molecule has 0 amide bonds. The van der Waals surface area contributed by atoms with Crippen LogP contribution in [0.1, 0.15) is 44.9 Å². The van der Waals surface area contributed by atoms with Crippen LogP contribution in [0.5, 0.6) is 0 Å². The molecule has 0 aromatic heterocycles. The number of nitrogens with two attached hydrogens (primary N) is 1. The van der Waals surface area contributed by atoms with Gasteiger partial charge >= 0.3 is 0 Å². The average molecular weight is 225 g/mol. The summed E-state index contributed by atoms with van der Waals surface area (Å²) in [7, 11) is 1.80. The van der Waals surface area contributed by atoms with Crippen molar-refractivity contribution in [3.8, 4) is 0 Å². The van der Waals surface area contributed by atoms with Gasteiger partial charge in [0.05, 0.1) is 5.60 Å². The molecule has 0 spiro atoms. The number of nitrogens with one attached hydrogen (secondary N) is 1. The third kappa shape index (κ3) is 2.67. The summed E-state index contributed by atoms with van der Waals surface area (Å²) < 4.78 is 5.54. The van der Waals surface area contributed by atoms with Crippen LogP contribution in [0, 0.1) is 0 Å².